The zero-order valence-corrected chi connectivity index (χ0v) is 9.91. The lowest BCUT2D eigenvalue weighted by Gasteiger charge is -2.06. The third-order valence-corrected chi connectivity index (χ3v) is 2.77. The summed E-state index contributed by atoms with van der Waals surface area (Å²) < 4.78 is 12.6. The number of nitrogens with one attached hydrogen (secondary N) is 2. The summed E-state index contributed by atoms with van der Waals surface area (Å²) >= 11 is 0. The molecule has 0 unspecified atom stereocenters. The minimum absolute atomic E-state index is 0.00344. The summed E-state index contributed by atoms with van der Waals surface area (Å²) in [5.41, 5.74) is 0.818. The standard InChI is InChI=1S/C13H15FN2O2/c14-11-5-1-9(2-6-11)7-15-12(17)8-16-13(18)10-3-4-10/h1-2,5-6,10H,3-4,7-8H2,(H,15,17)(H,16,18). The van der Waals surface area contributed by atoms with Crippen molar-refractivity contribution in [2.75, 3.05) is 6.54 Å². The topological polar surface area (TPSA) is 58.2 Å². The number of carbonyl (C=O) groups is 2. The van der Waals surface area contributed by atoms with Gasteiger partial charge in [0.25, 0.3) is 0 Å². The maximum Gasteiger partial charge on any atom is 0.239 e. The van der Waals surface area contributed by atoms with E-state index in [1.54, 1.807) is 12.1 Å². The Kier molecular flexibility index (Phi) is 3.92. The van der Waals surface area contributed by atoms with Crippen LogP contribution in [-0.2, 0) is 16.1 Å². The molecule has 0 bridgehead atoms. The summed E-state index contributed by atoms with van der Waals surface area (Å²) in [6.45, 7) is 0.328. The highest BCUT2D eigenvalue weighted by Gasteiger charge is 2.29. The normalized spacial score (nSPS) is 14.1. The third-order valence-electron chi connectivity index (χ3n) is 2.77. The largest absolute Gasteiger partial charge is 0.350 e. The van der Waals surface area contributed by atoms with E-state index in [1.807, 2.05) is 0 Å². The molecule has 1 fully saturated rings. The smallest absolute Gasteiger partial charge is 0.239 e. The molecule has 0 spiro atoms. The summed E-state index contributed by atoms with van der Waals surface area (Å²) in [6, 6.07) is 5.91. The van der Waals surface area contributed by atoms with Crippen LogP contribution in [0.4, 0.5) is 4.39 Å². The van der Waals surface area contributed by atoms with Crippen LogP contribution in [0.3, 0.4) is 0 Å². The number of hydrogen-bond donors (Lipinski definition) is 2. The number of rotatable bonds is 5. The molecule has 0 heterocycles. The van der Waals surface area contributed by atoms with Gasteiger partial charge in [0, 0.05) is 12.5 Å². The monoisotopic (exact) mass is 250 g/mol. The molecule has 5 heteroatoms. The van der Waals surface area contributed by atoms with Crippen LogP contribution in [0.25, 0.3) is 0 Å². The Morgan fingerprint density at radius 2 is 1.83 bits per heavy atom. The number of benzene rings is 1. The van der Waals surface area contributed by atoms with Crippen LogP contribution in [0.15, 0.2) is 24.3 Å². The highest BCUT2D eigenvalue weighted by atomic mass is 19.1. The molecule has 2 amide bonds. The van der Waals surface area contributed by atoms with E-state index in [0.29, 0.717) is 6.54 Å². The van der Waals surface area contributed by atoms with Crippen molar-refractivity contribution in [3.63, 3.8) is 0 Å². The fraction of sp³-hybridized carbons (Fsp3) is 0.385. The number of hydrogen-bond acceptors (Lipinski definition) is 2. The van der Waals surface area contributed by atoms with Crippen LogP contribution in [-0.4, -0.2) is 18.4 Å². The molecule has 1 aliphatic carbocycles. The van der Waals surface area contributed by atoms with Gasteiger partial charge in [-0.15, -0.1) is 0 Å². The van der Waals surface area contributed by atoms with Gasteiger partial charge in [-0.3, -0.25) is 9.59 Å². The Bertz CT molecular complexity index is 441. The highest BCUT2D eigenvalue weighted by Crippen LogP contribution is 2.28. The minimum atomic E-state index is -0.304. The van der Waals surface area contributed by atoms with Gasteiger partial charge in [-0.05, 0) is 30.5 Å². The first-order chi connectivity index (χ1) is 8.65. The summed E-state index contributed by atoms with van der Waals surface area (Å²) in [5.74, 6) is -0.489. The fourth-order valence-corrected chi connectivity index (χ4v) is 1.52. The number of amides is 2. The second-order valence-corrected chi connectivity index (χ2v) is 4.40. The van der Waals surface area contributed by atoms with Crippen molar-refractivity contribution in [2.24, 2.45) is 5.92 Å². The summed E-state index contributed by atoms with van der Waals surface area (Å²) in [6.07, 6.45) is 1.84. The molecule has 0 atom stereocenters. The number of halogens is 1. The summed E-state index contributed by atoms with van der Waals surface area (Å²) in [4.78, 5) is 22.7. The lowest BCUT2D eigenvalue weighted by atomic mass is 10.2. The Morgan fingerprint density at radius 3 is 2.44 bits per heavy atom. The Hall–Kier alpha value is -1.91. The molecular weight excluding hydrogens is 235 g/mol. The SMILES string of the molecule is O=C(CNC(=O)C1CC1)NCc1ccc(F)cc1. The molecule has 1 aliphatic rings. The first-order valence-electron chi connectivity index (χ1n) is 5.94. The molecule has 2 rings (SSSR count). The Labute approximate surface area is 105 Å². The lowest BCUT2D eigenvalue weighted by Crippen LogP contribution is -2.37. The second kappa shape index (κ2) is 5.62. The second-order valence-electron chi connectivity index (χ2n) is 4.40. The molecule has 18 heavy (non-hydrogen) atoms. The van der Waals surface area contributed by atoms with E-state index in [4.69, 9.17) is 0 Å². The predicted molar refractivity (Wildman–Crippen MR) is 64.0 cm³/mol. The van der Waals surface area contributed by atoms with Crippen molar-refractivity contribution in [2.45, 2.75) is 19.4 Å². The van der Waals surface area contributed by atoms with Gasteiger partial charge >= 0.3 is 0 Å². The molecule has 1 saturated carbocycles. The molecular formula is C13H15FN2O2. The lowest BCUT2D eigenvalue weighted by molar-refractivity contribution is -0.126. The van der Waals surface area contributed by atoms with Gasteiger partial charge in [0.15, 0.2) is 0 Å². The highest BCUT2D eigenvalue weighted by molar-refractivity contribution is 5.86. The van der Waals surface area contributed by atoms with Gasteiger partial charge in [-0.1, -0.05) is 12.1 Å². The summed E-state index contributed by atoms with van der Waals surface area (Å²) in [7, 11) is 0. The van der Waals surface area contributed by atoms with E-state index in [2.05, 4.69) is 10.6 Å². The van der Waals surface area contributed by atoms with Crippen molar-refractivity contribution in [3.8, 4) is 0 Å². The molecule has 0 saturated heterocycles. The van der Waals surface area contributed by atoms with Crippen LogP contribution < -0.4 is 10.6 Å². The van der Waals surface area contributed by atoms with Crippen LogP contribution in [0.1, 0.15) is 18.4 Å². The zero-order chi connectivity index (χ0) is 13.0. The van der Waals surface area contributed by atoms with E-state index in [9.17, 15) is 14.0 Å². The van der Waals surface area contributed by atoms with E-state index in [-0.39, 0.29) is 30.1 Å². The van der Waals surface area contributed by atoms with Crippen molar-refractivity contribution in [3.05, 3.63) is 35.6 Å². The molecule has 2 N–H and O–H groups in total. The summed E-state index contributed by atoms with van der Waals surface area (Å²) in [5, 5.41) is 5.24. The maximum atomic E-state index is 12.6. The zero-order valence-electron chi connectivity index (χ0n) is 9.91. The quantitative estimate of drug-likeness (QED) is 0.818. The van der Waals surface area contributed by atoms with Crippen LogP contribution >= 0.6 is 0 Å². The average molecular weight is 250 g/mol. The van der Waals surface area contributed by atoms with Crippen LogP contribution in [0, 0.1) is 11.7 Å². The molecule has 1 aromatic rings. The molecule has 4 nitrogen and oxygen atoms in total. The van der Waals surface area contributed by atoms with Crippen molar-refractivity contribution in [1.82, 2.24) is 10.6 Å². The molecule has 0 aliphatic heterocycles. The first-order valence-corrected chi connectivity index (χ1v) is 5.94. The molecule has 1 aromatic carbocycles. The molecule has 0 aromatic heterocycles. The predicted octanol–water partition coefficient (Wildman–Crippen LogP) is 0.968. The molecule has 0 radical (unpaired) electrons. The third kappa shape index (κ3) is 3.84. The van der Waals surface area contributed by atoms with Gasteiger partial charge in [0.1, 0.15) is 5.82 Å². The van der Waals surface area contributed by atoms with E-state index in [0.717, 1.165) is 18.4 Å². The van der Waals surface area contributed by atoms with Crippen LogP contribution in [0.2, 0.25) is 0 Å². The van der Waals surface area contributed by atoms with Crippen molar-refractivity contribution >= 4 is 11.8 Å². The van der Waals surface area contributed by atoms with Gasteiger partial charge in [-0.25, -0.2) is 4.39 Å². The van der Waals surface area contributed by atoms with Gasteiger partial charge in [0.2, 0.25) is 11.8 Å². The Morgan fingerprint density at radius 1 is 1.17 bits per heavy atom. The Balaban J connectivity index is 1.67. The van der Waals surface area contributed by atoms with Gasteiger partial charge < -0.3 is 10.6 Å². The van der Waals surface area contributed by atoms with Gasteiger partial charge in [0.05, 0.1) is 6.54 Å². The van der Waals surface area contributed by atoms with Crippen molar-refractivity contribution < 1.29 is 14.0 Å². The minimum Gasteiger partial charge on any atom is -0.350 e. The molecule has 96 valence electrons. The fourth-order valence-electron chi connectivity index (χ4n) is 1.52. The average Bonchev–Trinajstić information content (AvgIpc) is 3.19. The van der Waals surface area contributed by atoms with E-state index >= 15 is 0 Å². The maximum absolute atomic E-state index is 12.6. The van der Waals surface area contributed by atoms with Gasteiger partial charge in [-0.2, -0.15) is 0 Å². The van der Waals surface area contributed by atoms with E-state index in [1.165, 1.54) is 12.1 Å². The number of carbonyl (C=O) groups excluding carboxylic acids is 2. The first kappa shape index (κ1) is 12.5. The van der Waals surface area contributed by atoms with Crippen molar-refractivity contribution in [1.29, 1.82) is 0 Å². The van der Waals surface area contributed by atoms with E-state index < -0.39 is 0 Å². The van der Waals surface area contributed by atoms with Crippen LogP contribution in [0.5, 0.6) is 0 Å².